The van der Waals surface area contributed by atoms with Crippen LogP contribution in [0.4, 0.5) is 10.1 Å². The van der Waals surface area contributed by atoms with Crippen LogP contribution < -0.4 is 10.1 Å². The van der Waals surface area contributed by atoms with Crippen molar-refractivity contribution in [1.82, 2.24) is 14.8 Å². The quantitative estimate of drug-likeness (QED) is 0.261. The summed E-state index contributed by atoms with van der Waals surface area (Å²) in [5, 5.41) is 11.7. The number of anilines is 1. The third kappa shape index (κ3) is 6.91. The molecule has 1 heterocycles. The second-order valence-corrected chi connectivity index (χ2v) is 9.85. The number of Topliss-reactive ketones (excluding diaryl/α,β-unsaturated/α-hetero) is 1. The molecule has 7 nitrogen and oxygen atoms in total. The monoisotopic (exact) mass is 498 g/mol. The number of carbonyl (C=O) groups is 2. The van der Waals surface area contributed by atoms with E-state index in [0.717, 1.165) is 0 Å². The van der Waals surface area contributed by atoms with Gasteiger partial charge in [-0.1, -0.05) is 56.8 Å². The molecule has 0 radical (unpaired) electrons. The van der Waals surface area contributed by atoms with Crippen LogP contribution >= 0.6 is 11.8 Å². The van der Waals surface area contributed by atoms with Crippen LogP contribution in [0.5, 0.6) is 5.75 Å². The first-order valence-corrected chi connectivity index (χ1v) is 12.5. The molecule has 0 saturated carbocycles. The Hall–Kier alpha value is -3.20. The van der Waals surface area contributed by atoms with E-state index in [-0.39, 0.29) is 23.4 Å². The van der Waals surface area contributed by atoms with Crippen LogP contribution in [0.1, 0.15) is 63.3 Å². The molecule has 186 valence electrons. The minimum Gasteiger partial charge on any atom is -0.480 e. The molecule has 2 atom stereocenters. The van der Waals surface area contributed by atoms with E-state index in [0.29, 0.717) is 35.2 Å². The van der Waals surface area contributed by atoms with Crippen molar-refractivity contribution in [2.75, 3.05) is 5.32 Å². The zero-order valence-electron chi connectivity index (χ0n) is 20.6. The van der Waals surface area contributed by atoms with Crippen LogP contribution in [0.15, 0.2) is 53.7 Å². The molecule has 1 amide bonds. The van der Waals surface area contributed by atoms with Gasteiger partial charge in [0, 0.05) is 17.8 Å². The van der Waals surface area contributed by atoms with Gasteiger partial charge in [0.25, 0.3) is 0 Å². The molecule has 3 rings (SSSR count). The zero-order valence-corrected chi connectivity index (χ0v) is 21.4. The molecule has 0 bridgehead atoms. The summed E-state index contributed by atoms with van der Waals surface area (Å²) in [6, 6.07) is 13.1. The fourth-order valence-corrected chi connectivity index (χ4v) is 4.47. The topological polar surface area (TPSA) is 86.1 Å². The predicted octanol–water partition coefficient (Wildman–Crippen LogP) is 5.93. The summed E-state index contributed by atoms with van der Waals surface area (Å²) in [4.78, 5) is 24.7. The van der Waals surface area contributed by atoms with Crippen molar-refractivity contribution in [2.24, 2.45) is 5.92 Å². The second kappa shape index (κ2) is 12.0. The number of hydrogen-bond donors (Lipinski definition) is 1. The Balaban J connectivity index is 1.80. The lowest BCUT2D eigenvalue weighted by Crippen LogP contribution is -2.25. The molecule has 2 aromatic carbocycles. The van der Waals surface area contributed by atoms with Gasteiger partial charge < -0.3 is 14.6 Å². The van der Waals surface area contributed by atoms with Crippen LogP contribution in [0.2, 0.25) is 0 Å². The third-order valence-electron chi connectivity index (χ3n) is 5.24. The Morgan fingerprint density at radius 2 is 1.86 bits per heavy atom. The average Bonchev–Trinajstić information content (AvgIpc) is 3.20. The highest BCUT2D eigenvalue weighted by molar-refractivity contribution is 8.00. The zero-order chi connectivity index (χ0) is 25.5. The van der Waals surface area contributed by atoms with E-state index in [9.17, 15) is 14.0 Å². The number of rotatable bonds is 11. The van der Waals surface area contributed by atoms with Crippen molar-refractivity contribution < 1.29 is 18.7 Å². The van der Waals surface area contributed by atoms with Crippen molar-refractivity contribution >= 4 is 29.1 Å². The summed E-state index contributed by atoms with van der Waals surface area (Å²) in [5.41, 5.74) is 1.10. The third-order valence-corrected chi connectivity index (χ3v) is 6.59. The lowest BCUT2D eigenvalue weighted by Gasteiger charge is -2.19. The van der Waals surface area contributed by atoms with Gasteiger partial charge in [0.1, 0.15) is 0 Å². The van der Waals surface area contributed by atoms with Crippen molar-refractivity contribution in [1.29, 1.82) is 0 Å². The number of amides is 1. The van der Waals surface area contributed by atoms with Gasteiger partial charge in [-0.05, 0) is 50.5 Å². The Labute approximate surface area is 209 Å². The number of nitrogens with zero attached hydrogens (tertiary/aromatic N) is 3. The van der Waals surface area contributed by atoms with E-state index in [2.05, 4.69) is 29.4 Å². The smallest absolute Gasteiger partial charge is 0.237 e. The summed E-state index contributed by atoms with van der Waals surface area (Å²) in [7, 11) is 0. The van der Waals surface area contributed by atoms with Gasteiger partial charge >= 0.3 is 0 Å². The van der Waals surface area contributed by atoms with Gasteiger partial charge in [-0.15, -0.1) is 10.2 Å². The molecule has 35 heavy (non-hydrogen) atoms. The second-order valence-electron chi connectivity index (χ2n) is 8.68. The number of thioether (sulfide) groups is 1. The van der Waals surface area contributed by atoms with E-state index < -0.39 is 17.2 Å². The molecule has 2 unspecified atom stereocenters. The Bertz CT molecular complexity index is 1180. The summed E-state index contributed by atoms with van der Waals surface area (Å²) in [6.45, 7) is 9.99. The highest BCUT2D eigenvalue weighted by Gasteiger charge is 2.26. The Kier molecular flexibility index (Phi) is 9.03. The molecule has 0 aliphatic rings. The number of benzene rings is 2. The number of halogens is 1. The van der Waals surface area contributed by atoms with Gasteiger partial charge in [-0.3, -0.25) is 9.59 Å². The van der Waals surface area contributed by atoms with E-state index in [1.54, 1.807) is 49.4 Å². The Morgan fingerprint density at radius 3 is 2.51 bits per heavy atom. The standard InChI is InChI=1S/C26H31FN4O3S/c1-6-23(25(33)28-20-11-9-10-19(14-20)17(4)32)35-26-30-29-24(31(26)15-16(2)3)18(5)34-22-13-8-7-12-21(22)27/h7-14,16,18,23H,6,15H2,1-5H3,(H,28,33). The SMILES string of the molecule is CCC(Sc1nnc(C(C)Oc2ccccc2F)n1CC(C)C)C(=O)Nc1cccc(C(C)=O)c1. The molecule has 9 heteroatoms. The number of para-hydroxylation sites is 1. The number of carbonyl (C=O) groups excluding carboxylic acids is 2. The minimum absolute atomic E-state index is 0.0662. The minimum atomic E-state index is -0.546. The normalized spacial score (nSPS) is 12.9. The molecule has 0 saturated heterocycles. The van der Waals surface area contributed by atoms with Crippen LogP contribution in [0.25, 0.3) is 0 Å². The van der Waals surface area contributed by atoms with Crippen molar-refractivity contribution in [3.63, 3.8) is 0 Å². The van der Waals surface area contributed by atoms with Crippen LogP contribution in [-0.2, 0) is 11.3 Å². The van der Waals surface area contributed by atoms with E-state index in [1.807, 2.05) is 11.5 Å². The first kappa shape index (κ1) is 26.4. The van der Waals surface area contributed by atoms with E-state index in [4.69, 9.17) is 4.74 Å². The molecule has 3 aromatic rings. The average molecular weight is 499 g/mol. The molecule has 1 aromatic heterocycles. The summed E-state index contributed by atoms with van der Waals surface area (Å²) in [6.07, 6.45) is 0.0179. The van der Waals surface area contributed by atoms with Gasteiger partial charge in [-0.2, -0.15) is 0 Å². The van der Waals surface area contributed by atoms with Crippen molar-refractivity contribution in [2.45, 2.75) is 64.1 Å². The molecule has 0 aliphatic carbocycles. The van der Waals surface area contributed by atoms with Gasteiger partial charge in [-0.25, -0.2) is 4.39 Å². The number of hydrogen-bond acceptors (Lipinski definition) is 6. The van der Waals surface area contributed by atoms with Crippen molar-refractivity contribution in [3.8, 4) is 5.75 Å². The van der Waals surface area contributed by atoms with Gasteiger partial charge in [0.05, 0.1) is 5.25 Å². The maximum absolute atomic E-state index is 14.1. The highest BCUT2D eigenvalue weighted by Crippen LogP contribution is 2.30. The van der Waals surface area contributed by atoms with Gasteiger partial charge in [0.2, 0.25) is 5.91 Å². The summed E-state index contributed by atoms with van der Waals surface area (Å²) >= 11 is 1.32. The van der Waals surface area contributed by atoms with Crippen LogP contribution in [-0.4, -0.2) is 31.7 Å². The number of ketones is 1. The summed E-state index contributed by atoms with van der Waals surface area (Å²) < 4.78 is 21.9. The molecule has 0 fully saturated rings. The fraction of sp³-hybridized carbons (Fsp3) is 0.385. The molecule has 0 spiro atoms. The van der Waals surface area contributed by atoms with E-state index in [1.165, 1.54) is 24.8 Å². The van der Waals surface area contributed by atoms with Crippen LogP contribution in [0.3, 0.4) is 0 Å². The maximum atomic E-state index is 14.1. The highest BCUT2D eigenvalue weighted by atomic mass is 32.2. The Morgan fingerprint density at radius 1 is 1.11 bits per heavy atom. The molecular formula is C26H31FN4O3S. The first-order valence-electron chi connectivity index (χ1n) is 11.6. The largest absolute Gasteiger partial charge is 0.480 e. The fourth-order valence-electron chi connectivity index (χ4n) is 3.50. The van der Waals surface area contributed by atoms with E-state index >= 15 is 0 Å². The molecule has 1 N–H and O–H groups in total. The number of aromatic nitrogens is 3. The maximum Gasteiger partial charge on any atom is 0.237 e. The lowest BCUT2D eigenvalue weighted by atomic mass is 10.1. The summed E-state index contributed by atoms with van der Waals surface area (Å²) in [5.74, 6) is 0.298. The van der Waals surface area contributed by atoms with Gasteiger partial charge in [0.15, 0.2) is 34.4 Å². The first-order chi connectivity index (χ1) is 16.7. The van der Waals surface area contributed by atoms with Crippen molar-refractivity contribution in [3.05, 3.63) is 65.7 Å². The molecular weight excluding hydrogens is 467 g/mol. The number of ether oxygens (including phenoxy) is 1. The lowest BCUT2D eigenvalue weighted by molar-refractivity contribution is -0.115. The van der Waals surface area contributed by atoms with Crippen LogP contribution in [0, 0.1) is 11.7 Å². The predicted molar refractivity (Wildman–Crippen MR) is 135 cm³/mol. The molecule has 0 aliphatic heterocycles. The number of nitrogens with one attached hydrogen (secondary N) is 1.